The summed E-state index contributed by atoms with van der Waals surface area (Å²) in [5.74, 6) is -1.38. The normalized spacial score (nSPS) is 14.8. The van der Waals surface area contributed by atoms with Crippen LogP contribution in [-0.4, -0.2) is 53.5 Å². The monoisotopic (exact) mass is 629 g/mol. The lowest BCUT2D eigenvalue weighted by Gasteiger charge is -2.34. The Labute approximate surface area is 256 Å². The lowest BCUT2D eigenvalue weighted by molar-refractivity contribution is -0.142. The van der Waals surface area contributed by atoms with Crippen LogP contribution in [0.2, 0.25) is 10.0 Å². The number of halogens is 2. The van der Waals surface area contributed by atoms with Crippen molar-refractivity contribution in [3.05, 3.63) is 99.5 Å². The molecule has 0 aromatic heterocycles. The highest BCUT2D eigenvalue weighted by Gasteiger charge is 2.40. The van der Waals surface area contributed by atoms with Crippen LogP contribution in [-0.2, 0) is 32.6 Å². The molecule has 1 heterocycles. The molecule has 42 heavy (non-hydrogen) atoms. The smallest absolute Gasteiger partial charge is 0.269 e. The van der Waals surface area contributed by atoms with E-state index >= 15 is 0 Å². The minimum atomic E-state index is -4.00. The predicted octanol–water partition coefficient (Wildman–Crippen LogP) is 5.47. The fraction of sp³-hybridized carbons (Fsp3) is 0.323. The molecule has 3 aromatic carbocycles. The maximum Gasteiger partial charge on any atom is 0.269 e. The van der Waals surface area contributed by atoms with Crippen molar-refractivity contribution >= 4 is 50.9 Å². The molecule has 3 aromatic rings. The van der Waals surface area contributed by atoms with Gasteiger partial charge < -0.3 is 10.2 Å². The molecule has 0 saturated carbocycles. The fourth-order valence-electron chi connectivity index (χ4n) is 4.83. The van der Waals surface area contributed by atoms with Gasteiger partial charge in [0.05, 0.1) is 5.56 Å². The highest BCUT2D eigenvalue weighted by atomic mass is 35.5. The molecule has 4 rings (SSSR count). The summed E-state index contributed by atoms with van der Waals surface area (Å²) in [5, 5.41) is 3.68. The number of sulfonamides is 1. The lowest BCUT2D eigenvalue weighted by Crippen LogP contribution is -2.54. The summed E-state index contributed by atoms with van der Waals surface area (Å²) >= 11 is 13.0. The number of nitrogens with one attached hydrogen (secondary N) is 1. The molecule has 0 aliphatic carbocycles. The number of rotatable bonds is 10. The van der Waals surface area contributed by atoms with Crippen molar-refractivity contribution < 1.29 is 22.8 Å². The molecule has 0 bridgehead atoms. The summed E-state index contributed by atoms with van der Waals surface area (Å²) in [7, 11) is -4.00. The van der Waals surface area contributed by atoms with Crippen molar-refractivity contribution in [2.45, 2.75) is 63.1 Å². The summed E-state index contributed by atoms with van der Waals surface area (Å²) in [6.45, 7) is 5.34. The number of carbonyl (C=O) groups excluding carboxylic acids is 3. The number of amides is 3. The summed E-state index contributed by atoms with van der Waals surface area (Å²) in [6, 6.07) is 19.5. The molecular weight excluding hydrogens is 597 g/mol. The molecule has 1 atom stereocenters. The van der Waals surface area contributed by atoms with Crippen molar-refractivity contribution in [1.82, 2.24) is 14.5 Å². The number of benzene rings is 3. The van der Waals surface area contributed by atoms with Crippen molar-refractivity contribution in [3.8, 4) is 0 Å². The van der Waals surface area contributed by atoms with E-state index in [2.05, 4.69) is 5.32 Å². The Hall–Kier alpha value is -3.40. The van der Waals surface area contributed by atoms with Crippen LogP contribution in [0.1, 0.15) is 55.1 Å². The number of hydrogen-bond donors (Lipinski definition) is 1. The standard InChI is InChI=1S/C31H33Cl2N3O5S/c1-31(2,3)34-29(38)26(19-21-11-5-4-6-12-21)35(20-23-24(32)14-9-15-25(23)33)28(37)17-10-18-36-30(39)22-13-7-8-16-27(22)42(36,40)41/h4-9,11-16,26H,10,17-20H2,1-3H3,(H,34,38)/t26-/m0/s1. The number of hydrogen-bond acceptors (Lipinski definition) is 5. The molecular formula is C31H33Cl2N3O5S. The molecule has 222 valence electrons. The second-order valence-electron chi connectivity index (χ2n) is 11.1. The molecule has 1 aliphatic heterocycles. The van der Waals surface area contributed by atoms with Crippen LogP contribution in [0, 0.1) is 0 Å². The Morgan fingerprint density at radius 1 is 0.929 bits per heavy atom. The zero-order valence-electron chi connectivity index (χ0n) is 23.6. The first-order valence-electron chi connectivity index (χ1n) is 13.5. The average Bonchev–Trinajstić information content (AvgIpc) is 3.12. The summed E-state index contributed by atoms with van der Waals surface area (Å²) < 4.78 is 26.8. The number of carbonyl (C=O) groups is 3. The Kier molecular flexibility index (Phi) is 9.65. The second-order valence-corrected chi connectivity index (χ2v) is 13.8. The molecule has 1 aliphatic rings. The maximum absolute atomic E-state index is 13.9. The predicted molar refractivity (Wildman–Crippen MR) is 163 cm³/mol. The summed E-state index contributed by atoms with van der Waals surface area (Å²) in [5.41, 5.74) is 0.882. The van der Waals surface area contributed by atoms with Crippen molar-refractivity contribution in [2.24, 2.45) is 0 Å². The van der Waals surface area contributed by atoms with Gasteiger partial charge in [0, 0.05) is 47.1 Å². The highest BCUT2D eigenvalue weighted by molar-refractivity contribution is 7.90. The van der Waals surface area contributed by atoms with Gasteiger partial charge in [-0.2, -0.15) is 0 Å². The van der Waals surface area contributed by atoms with E-state index in [4.69, 9.17) is 23.2 Å². The first kappa shape index (κ1) is 31.5. The quantitative estimate of drug-likeness (QED) is 0.320. The van der Waals surface area contributed by atoms with Gasteiger partial charge in [0.2, 0.25) is 11.8 Å². The molecule has 8 nitrogen and oxygen atoms in total. The van der Waals surface area contributed by atoms with Crippen LogP contribution in [0.5, 0.6) is 0 Å². The number of fused-ring (bicyclic) bond motifs is 1. The highest BCUT2D eigenvalue weighted by Crippen LogP contribution is 2.31. The first-order valence-corrected chi connectivity index (χ1v) is 15.7. The third kappa shape index (κ3) is 7.14. The summed E-state index contributed by atoms with van der Waals surface area (Å²) in [6.07, 6.45) is 0.167. The molecule has 0 spiro atoms. The van der Waals surface area contributed by atoms with Gasteiger partial charge in [-0.05, 0) is 57.0 Å². The molecule has 11 heteroatoms. The topological polar surface area (TPSA) is 104 Å². The van der Waals surface area contributed by atoms with Gasteiger partial charge in [-0.3, -0.25) is 14.4 Å². The molecule has 0 saturated heterocycles. The van der Waals surface area contributed by atoms with E-state index in [1.165, 1.54) is 17.0 Å². The van der Waals surface area contributed by atoms with Crippen molar-refractivity contribution in [3.63, 3.8) is 0 Å². The Bertz CT molecular complexity index is 1570. The SMILES string of the molecule is CC(C)(C)NC(=O)[C@H](Cc1ccccc1)N(Cc1c(Cl)cccc1Cl)C(=O)CCCN1C(=O)c2ccccc2S1(=O)=O. The van der Waals surface area contributed by atoms with E-state index in [1.54, 1.807) is 30.3 Å². The van der Waals surface area contributed by atoms with E-state index in [1.807, 2.05) is 51.1 Å². The van der Waals surface area contributed by atoms with E-state index in [9.17, 15) is 22.8 Å². The van der Waals surface area contributed by atoms with Crippen LogP contribution in [0.25, 0.3) is 0 Å². The van der Waals surface area contributed by atoms with E-state index in [0.29, 0.717) is 15.6 Å². The zero-order valence-corrected chi connectivity index (χ0v) is 26.0. The fourth-order valence-corrected chi connectivity index (χ4v) is 6.95. The molecule has 3 amide bonds. The van der Waals surface area contributed by atoms with Gasteiger partial charge in [-0.15, -0.1) is 0 Å². The molecule has 0 unspecified atom stereocenters. The first-order chi connectivity index (χ1) is 19.8. The largest absolute Gasteiger partial charge is 0.350 e. The summed E-state index contributed by atoms with van der Waals surface area (Å²) in [4.78, 5) is 41.9. The van der Waals surface area contributed by atoms with Crippen LogP contribution in [0.4, 0.5) is 0 Å². The van der Waals surface area contributed by atoms with Crippen LogP contribution in [0.3, 0.4) is 0 Å². The Morgan fingerprint density at radius 3 is 2.17 bits per heavy atom. The second kappa shape index (κ2) is 12.9. The van der Waals surface area contributed by atoms with Gasteiger partial charge in [-0.1, -0.05) is 71.7 Å². The molecule has 1 N–H and O–H groups in total. The number of nitrogens with zero attached hydrogens (tertiary/aromatic N) is 2. The minimum absolute atomic E-state index is 0.0429. The Balaban J connectivity index is 1.62. The molecule has 0 fully saturated rings. The van der Waals surface area contributed by atoms with Crippen LogP contribution >= 0.6 is 23.2 Å². The van der Waals surface area contributed by atoms with Gasteiger partial charge >= 0.3 is 0 Å². The van der Waals surface area contributed by atoms with E-state index in [0.717, 1.165) is 9.87 Å². The lowest BCUT2D eigenvalue weighted by atomic mass is 10.00. The molecule has 0 radical (unpaired) electrons. The van der Waals surface area contributed by atoms with Crippen LogP contribution < -0.4 is 5.32 Å². The third-order valence-corrected chi connectivity index (χ3v) is 9.37. The Morgan fingerprint density at radius 2 is 1.55 bits per heavy atom. The van der Waals surface area contributed by atoms with Gasteiger partial charge in [0.25, 0.3) is 15.9 Å². The minimum Gasteiger partial charge on any atom is -0.350 e. The third-order valence-electron chi connectivity index (χ3n) is 6.82. The van der Waals surface area contributed by atoms with Crippen LogP contribution in [0.15, 0.2) is 77.7 Å². The van der Waals surface area contributed by atoms with E-state index in [-0.39, 0.29) is 48.7 Å². The van der Waals surface area contributed by atoms with Gasteiger partial charge in [0.15, 0.2) is 0 Å². The van der Waals surface area contributed by atoms with Crippen molar-refractivity contribution in [2.75, 3.05) is 6.54 Å². The van der Waals surface area contributed by atoms with Gasteiger partial charge in [0.1, 0.15) is 10.9 Å². The van der Waals surface area contributed by atoms with Crippen molar-refractivity contribution in [1.29, 1.82) is 0 Å². The van der Waals surface area contributed by atoms with E-state index < -0.39 is 33.4 Å². The maximum atomic E-state index is 13.9. The van der Waals surface area contributed by atoms with Gasteiger partial charge in [-0.25, -0.2) is 12.7 Å². The zero-order chi connectivity index (χ0) is 30.7. The average molecular weight is 631 g/mol.